The summed E-state index contributed by atoms with van der Waals surface area (Å²) in [4.78, 5) is 0. The Morgan fingerprint density at radius 2 is 2.00 bits per heavy atom. The highest BCUT2D eigenvalue weighted by atomic mass is 35.5. The van der Waals surface area contributed by atoms with Gasteiger partial charge in [-0.3, -0.25) is 0 Å². The lowest BCUT2D eigenvalue weighted by Crippen LogP contribution is -1.98. The number of aryl methyl sites for hydroxylation is 1. The van der Waals surface area contributed by atoms with Gasteiger partial charge in [0, 0.05) is 10.7 Å². The average molecular weight is 218 g/mol. The molecule has 0 aliphatic carbocycles. The summed E-state index contributed by atoms with van der Waals surface area (Å²) in [5.74, 6) is 0. The van der Waals surface area contributed by atoms with Gasteiger partial charge < -0.3 is 0 Å². The molecular weight excluding hydrogens is 210 g/mol. The van der Waals surface area contributed by atoms with Crippen molar-refractivity contribution in [1.29, 1.82) is 5.26 Å². The van der Waals surface area contributed by atoms with E-state index in [9.17, 15) is 0 Å². The van der Waals surface area contributed by atoms with Gasteiger partial charge in [-0.1, -0.05) is 11.6 Å². The number of aromatic nitrogens is 2. The van der Waals surface area contributed by atoms with Gasteiger partial charge >= 0.3 is 0 Å². The van der Waals surface area contributed by atoms with Crippen molar-refractivity contribution in [3.63, 3.8) is 0 Å². The quantitative estimate of drug-likeness (QED) is 0.737. The number of benzene rings is 1. The molecule has 0 radical (unpaired) electrons. The van der Waals surface area contributed by atoms with E-state index in [0.29, 0.717) is 10.7 Å². The van der Waals surface area contributed by atoms with Crippen LogP contribution < -0.4 is 0 Å². The van der Waals surface area contributed by atoms with Crippen LogP contribution in [-0.4, -0.2) is 9.78 Å². The van der Waals surface area contributed by atoms with E-state index in [-0.39, 0.29) is 0 Å². The Bertz CT molecular complexity index is 520. The first kappa shape index (κ1) is 9.75. The summed E-state index contributed by atoms with van der Waals surface area (Å²) in [5, 5.41) is 13.5. The zero-order chi connectivity index (χ0) is 10.8. The number of nitrogens with zero attached hydrogens (tertiary/aromatic N) is 3. The fourth-order valence-corrected chi connectivity index (χ4v) is 1.50. The lowest BCUT2D eigenvalue weighted by Gasteiger charge is -2.03. The maximum atomic E-state index is 8.72. The van der Waals surface area contributed by atoms with Crippen LogP contribution in [0.3, 0.4) is 0 Å². The van der Waals surface area contributed by atoms with Gasteiger partial charge in [0.2, 0.25) is 0 Å². The highest BCUT2D eigenvalue weighted by molar-refractivity contribution is 6.30. The number of rotatable bonds is 1. The Balaban J connectivity index is 2.50. The molecule has 1 aromatic carbocycles. The molecule has 2 aromatic rings. The van der Waals surface area contributed by atoms with Crippen LogP contribution in [0.2, 0.25) is 5.02 Å². The summed E-state index contributed by atoms with van der Waals surface area (Å²) in [6, 6.07) is 11.1. The highest BCUT2D eigenvalue weighted by Crippen LogP contribution is 2.15. The lowest BCUT2D eigenvalue weighted by atomic mass is 10.3. The molecule has 0 atom stereocenters. The van der Waals surface area contributed by atoms with Crippen molar-refractivity contribution < 1.29 is 0 Å². The van der Waals surface area contributed by atoms with Gasteiger partial charge in [-0.2, -0.15) is 10.4 Å². The van der Waals surface area contributed by atoms with Gasteiger partial charge in [-0.25, -0.2) is 4.68 Å². The second-order valence-electron chi connectivity index (χ2n) is 3.17. The van der Waals surface area contributed by atoms with Crippen LogP contribution >= 0.6 is 11.6 Å². The molecule has 2 rings (SSSR count). The van der Waals surface area contributed by atoms with Gasteiger partial charge in [0.15, 0.2) is 5.69 Å². The molecule has 3 nitrogen and oxygen atoms in total. The van der Waals surface area contributed by atoms with Crippen LogP contribution in [-0.2, 0) is 0 Å². The molecule has 1 aromatic heterocycles. The zero-order valence-corrected chi connectivity index (χ0v) is 8.86. The molecule has 0 fully saturated rings. The van der Waals surface area contributed by atoms with E-state index >= 15 is 0 Å². The highest BCUT2D eigenvalue weighted by Gasteiger charge is 2.04. The number of hydrogen-bond acceptors (Lipinski definition) is 2. The van der Waals surface area contributed by atoms with Gasteiger partial charge in [-0.05, 0) is 37.3 Å². The first-order chi connectivity index (χ1) is 7.20. The standard InChI is InChI=1S/C11H8ClN3/c1-8-6-10(7-13)14-15(8)11-4-2-9(12)3-5-11/h2-6H,1H3. The average Bonchev–Trinajstić information content (AvgIpc) is 2.61. The third-order valence-electron chi connectivity index (χ3n) is 2.07. The third-order valence-corrected chi connectivity index (χ3v) is 2.33. The summed E-state index contributed by atoms with van der Waals surface area (Å²) in [7, 11) is 0. The minimum absolute atomic E-state index is 0.419. The van der Waals surface area contributed by atoms with Crippen molar-refractivity contribution in [2.24, 2.45) is 0 Å². The Labute approximate surface area is 92.5 Å². The van der Waals surface area contributed by atoms with Crippen molar-refractivity contribution in [3.8, 4) is 11.8 Å². The Morgan fingerprint density at radius 3 is 2.53 bits per heavy atom. The van der Waals surface area contributed by atoms with E-state index in [4.69, 9.17) is 16.9 Å². The normalized spacial score (nSPS) is 9.93. The molecule has 0 saturated carbocycles. The smallest absolute Gasteiger partial charge is 0.163 e. The van der Waals surface area contributed by atoms with Crippen LogP contribution in [0, 0.1) is 18.3 Å². The largest absolute Gasteiger partial charge is 0.237 e. The summed E-state index contributed by atoms with van der Waals surface area (Å²) in [5.41, 5.74) is 2.25. The number of halogens is 1. The van der Waals surface area contributed by atoms with Crippen LogP contribution in [0.1, 0.15) is 11.4 Å². The van der Waals surface area contributed by atoms with E-state index in [2.05, 4.69) is 5.10 Å². The van der Waals surface area contributed by atoms with Crippen molar-refractivity contribution >= 4 is 11.6 Å². The van der Waals surface area contributed by atoms with Crippen LogP contribution in [0.5, 0.6) is 0 Å². The molecule has 0 N–H and O–H groups in total. The maximum absolute atomic E-state index is 8.72. The van der Waals surface area contributed by atoms with E-state index in [1.165, 1.54) is 0 Å². The second kappa shape index (κ2) is 3.76. The predicted molar refractivity (Wildman–Crippen MR) is 58.0 cm³/mol. The maximum Gasteiger partial charge on any atom is 0.163 e. The molecule has 0 spiro atoms. The molecule has 1 heterocycles. The first-order valence-corrected chi connectivity index (χ1v) is 4.81. The lowest BCUT2D eigenvalue weighted by molar-refractivity contribution is 0.842. The molecule has 74 valence electrons. The van der Waals surface area contributed by atoms with Crippen molar-refractivity contribution in [3.05, 3.63) is 46.7 Å². The Hall–Kier alpha value is -1.79. The van der Waals surface area contributed by atoms with Crippen LogP contribution in [0.15, 0.2) is 30.3 Å². The molecule has 0 bridgehead atoms. The minimum Gasteiger partial charge on any atom is -0.237 e. The minimum atomic E-state index is 0.419. The summed E-state index contributed by atoms with van der Waals surface area (Å²) in [6.07, 6.45) is 0. The van der Waals surface area contributed by atoms with Crippen LogP contribution in [0.4, 0.5) is 0 Å². The second-order valence-corrected chi connectivity index (χ2v) is 3.61. The van der Waals surface area contributed by atoms with Crippen molar-refractivity contribution in [2.75, 3.05) is 0 Å². The van der Waals surface area contributed by atoms with Crippen LogP contribution in [0.25, 0.3) is 5.69 Å². The van der Waals surface area contributed by atoms with E-state index < -0.39 is 0 Å². The first-order valence-electron chi connectivity index (χ1n) is 4.43. The van der Waals surface area contributed by atoms with Gasteiger partial charge in [-0.15, -0.1) is 0 Å². The zero-order valence-electron chi connectivity index (χ0n) is 8.11. The van der Waals surface area contributed by atoms with E-state index in [1.807, 2.05) is 25.1 Å². The Morgan fingerprint density at radius 1 is 1.33 bits per heavy atom. The molecule has 4 heteroatoms. The van der Waals surface area contributed by atoms with Gasteiger partial charge in [0.25, 0.3) is 0 Å². The topological polar surface area (TPSA) is 41.6 Å². The summed E-state index contributed by atoms with van der Waals surface area (Å²) >= 11 is 5.79. The molecule has 0 unspecified atom stereocenters. The molecular formula is C11H8ClN3. The Kier molecular flexibility index (Phi) is 2.44. The van der Waals surface area contributed by atoms with E-state index in [0.717, 1.165) is 11.4 Å². The third kappa shape index (κ3) is 1.85. The van der Waals surface area contributed by atoms with Gasteiger partial charge in [0.05, 0.1) is 5.69 Å². The fourth-order valence-electron chi connectivity index (χ4n) is 1.37. The van der Waals surface area contributed by atoms with E-state index in [1.54, 1.807) is 22.9 Å². The SMILES string of the molecule is Cc1cc(C#N)nn1-c1ccc(Cl)cc1. The predicted octanol–water partition coefficient (Wildman–Crippen LogP) is 2.71. The molecule has 0 aliphatic heterocycles. The monoisotopic (exact) mass is 217 g/mol. The number of nitriles is 1. The van der Waals surface area contributed by atoms with Crippen molar-refractivity contribution in [2.45, 2.75) is 6.92 Å². The fraction of sp³-hybridized carbons (Fsp3) is 0.0909. The summed E-state index contributed by atoms with van der Waals surface area (Å²) in [6.45, 7) is 1.91. The summed E-state index contributed by atoms with van der Waals surface area (Å²) < 4.78 is 1.72. The molecule has 0 saturated heterocycles. The molecule has 0 amide bonds. The van der Waals surface area contributed by atoms with Crippen molar-refractivity contribution in [1.82, 2.24) is 9.78 Å². The van der Waals surface area contributed by atoms with Gasteiger partial charge in [0.1, 0.15) is 6.07 Å². The molecule has 0 aliphatic rings. The number of hydrogen-bond donors (Lipinski definition) is 0. The molecule has 15 heavy (non-hydrogen) atoms.